The highest BCUT2D eigenvalue weighted by molar-refractivity contribution is 14.0. The van der Waals surface area contributed by atoms with Crippen LogP contribution in [0.3, 0.4) is 0 Å². The van der Waals surface area contributed by atoms with E-state index in [4.69, 9.17) is 14.2 Å². The van der Waals surface area contributed by atoms with E-state index in [1.54, 1.807) is 21.1 Å². The second-order valence-corrected chi connectivity index (χ2v) is 5.37. The fourth-order valence-corrected chi connectivity index (χ4v) is 2.11. The van der Waals surface area contributed by atoms with Crippen molar-refractivity contribution < 1.29 is 19.0 Å². The molecule has 0 aliphatic heterocycles. The first-order chi connectivity index (χ1) is 12.1. The Bertz CT molecular complexity index is 555. The first-order valence-corrected chi connectivity index (χ1v) is 8.50. The van der Waals surface area contributed by atoms with Gasteiger partial charge < -0.3 is 24.8 Å². The van der Waals surface area contributed by atoms with Crippen LogP contribution in [0.25, 0.3) is 0 Å². The zero-order chi connectivity index (χ0) is 18.5. The lowest BCUT2D eigenvalue weighted by Crippen LogP contribution is -2.42. The summed E-state index contributed by atoms with van der Waals surface area (Å²) in [5.74, 6) is 1.90. The highest BCUT2D eigenvalue weighted by Gasteiger charge is 2.09. The number of guanidine groups is 1. The van der Waals surface area contributed by atoms with Gasteiger partial charge in [-0.3, -0.25) is 9.79 Å². The second-order valence-electron chi connectivity index (χ2n) is 5.37. The lowest BCUT2D eigenvalue weighted by Gasteiger charge is -2.19. The van der Waals surface area contributed by atoms with E-state index in [1.807, 2.05) is 31.2 Å². The molecule has 0 radical (unpaired) electrons. The number of hydrogen-bond donors (Lipinski definition) is 2. The summed E-state index contributed by atoms with van der Waals surface area (Å²) >= 11 is 0. The molecule has 7 nitrogen and oxygen atoms in total. The maximum atomic E-state index is 11.3. The molecule has 0 fully saturated rings. The minimum absolute atomic E-state index is 0. The number of hydrogen-bond acceptors (Lipinski definition) is 5. The van der Waals surface area contributed by atoms with Crippen LogP contribution in [-0.4, -0.2) is 51.9 Å². The van der Waals surface area contributed by atoms with Crippen molar-refractivity contribution >= 4 is 35.9 Å². The molecule has 0 aliphatic carbocycles. The molecule has 0 bridgehead atoms. The maximum absolute atomic E-state index is 11.3. The number of rotatable bonds is 10. The quantitative estimate of drug-likeness (QED) is 0.177. The van der Waals surface area contributed by atoms with Crippen LogP contribution in [0.4, 0.5) is 0 Å². The molecule has 2 N–H and O–H groups in total. The number of esters is 1. The van der Waals surface area contributed by atoms with Crippen LogP contribution in [0, 0.1) is 0 Å². The van der Waals surface area contributed by atoms with Gasteiger partial charge in [-0.1, -0.05) is 12.1 Å². The average Bonchev–Trinajstić information content (AvgIpc) is 2.61. The predicted octanol–water partition coefficient (Wildman–Crippen LogP) is 2.59. The molecule has 0 spiro atoms. The van der Waals surface area contributed by atoms with E-state index in [0.717, 1.165) is 0 Å². The van der Waals surface area contributed by atoms with E-state index in [9.17, 15) is 4.79 Å². The lowest BCUT2D eigenvalue weighted by molar-refractivity contribution is -0.143. The van der Waals surface area contributed by atoms with Gasteiger partial charge in [0.05, 0.1) is 20.3 Å². The van der Waals surface area contributed by atoms with E-state index in [0.29, 0.717) is 50.0 Å². The number of carbonyl (C=O) groups is 1. The molecule has 1 rings (SSSR count). The summed E-state index contributed by atoms with van der Waals surface area (Å²) in [5, 5.41) is 6.36. The first kappa shape index (κ1) is 24.3. The fraction of sp³-hybridized carbons (Fsp3) is 0.556. The Kier molecular flexibility index (Phi) is 13.5. The van der Waals surface area contributed by atoms with Crippen molar-refractivity contribution in [2.24, 2.45) is 4.99 Å². The number of benzene rings is 1. The largest absolute Gasteiger partial charge is 0.493 e. The summed E-state index contributed by atoms with van der Waals surface area (Å²) in [6.07, 6.45) is 1.01. The number of carbonyl (C=O) groups excluding carboxylic acids is 1. The molecular formula is C18H30IN3O4. The summed E-state index contributed by atoms with van der Waals surface area (Å²) in [6.45, 7) is 5.40. The summed E-state index contributed by atoms with van der Waals surface area (Å²) in [7, 11) is 3.32. The van der Waals surface area contributed by atoms with Crippen LogP contribution in [-0.2, 0) is 9.53 Å². The third-order valence-corrected chi connectivity index (χ3v) is 3.33. The number of nitrogens with one attached hydrogen (secondary N) is 2. The van der Waals surface area contributed by atoms with Gasteiger partial charge in [-0.05, 0) is 32.4 Å². The number of aliphatic imine (C=N–C) groups is 1. The standard InChI is InChI=1S/C18H29N3O4.HI/c1-5-24-17(22)11-8-12-20-18(19-3)21-13-14(2)25-16-10-7-6-9-15(16)23-4;/h6-7,9-10,14H,5,8,11-13H2,1-4H3,(H2,19,20,21);1H. The van der Waals surface area contributed by atoms with Crippen molar-refractivity contribution in [3.8, 4) is 11.5 Å². The third kappa shape index (κ3) is 9.69. The highest BCUT2D eigenvalue weighted by atomic mass is 127. The Labute approximate surface area is 172 Å². The molecule has 1 unspecified atom stereocenters. The monoisotopic (exact) mass is 479 g/mol. The van der Waals surface area contributed by atoms with Crippen LogP contribution in [0.15, 0.2) is 29.3 Å². The average molecular weight is 479 g/mol. The summed E-state index contributed by atoms with van der Waals surface area (Å²) in [5.41, 5.74) is 0. The first-order valence-electron chi connectivity index (χ1n) is 8.50. The molecule has 0 aromatic heterocycles. The van der Waals surface area contributed by atoms with Crippen molar-refractivity contribution in [2.45, 2.75) is 32.8 Å². The number of para-hydroxylation sites is 2. The maximum Gasteiger partial charge on any atom is 0.305 e. The Morgan fingerprint density at radius 1 is 1.23 bits per heavy atom. The van der Waals surface area contributed by atoms with E-state index >= 15 is 0 Å². The molecule has 0 heterocycles. The van der Waals surface area contributed by atoms with Crippen molar-refractivity contribution in [3.05, 3.63) is 24.3 Å². The van der Waals surface area contributed by atoms with Gasteiger partial charge in [0.1, 0.15) is 6.10 Å². The van der Waals surface area contributed by atoms with Gasteiger partial charge in [-0.25, -0.2) is 0 Å². The minimum Gasteiger partial charge on any atom is -0.493 e. The van der Waals surface area contributed by atoms with Gasteiger partial charge in [0.2, 0.25) is 0 Å². The van der Waals surface area contributed by atoms with Crippen LogP contribution in [0.5, 0.6) is 11.5 Å². The Balaban J connectivity index is 0.00000625. The predicted molar refractivity (Wildman–Crippen MR) is 114 cm³/mol. The molecule has 1 atom stereocenters. The van der Waals surface area contributed by atoms with Crippen molar-refractivity contribution in [3.63, 3.8) is 0 Å². The van der Waals surface area contributed by atoms with Crippen molar-refractivity contribution in [2.75, 3.05) is 33.9 Å². The van der Waals surface area contributed by atoms with E-state index < -0.39 is 0 Å². The fourth-order valence-electron chi connectivity index (χ4n) is 2.11. The molecule has 1 aromatic carbocycles. The Morgan fingerprint density at radius 2 is 1.92 bits per heavy atom. The normalized spacial score (nSPS) is 11.8. The van der Waals surface area contributed by atoms with Crippen LogP contribution < -0.4 is 20.1 Å². The van der Waals surface area contributed by atoms with E-state index in [2.05, 4.69) is 15.6 Å². The molecule has 148 valence electrons. The summed E-state index contributed by atoms with van der Waals surface area (Å²) < 4.78 is 16.0. The smallest absolute Gasteiger partial charge is 0.305 e. The van der Waals surface area contributed by atoms with Gasteiger partial charge in [-0.15, -0.1) is 24.0 Å². The zero-order valence-corrected chi connectivity index (χ0v) is 18.2. The van der Waals surface area contributed by atoms with Crippen LogP contribution in [0.2, 0.25) is 0 Å². The molecule has 8 heteroatoms. The molecular weight excluding hydrogens is 449 g/mol. The minimum atomic E-state index is -0.175. The highest BCUT2D eigenvalue weighted by Crippen LogP contribution is 2.26. The Morgan fingerprint density at radius 3 is 2.54 bits per heavy atom. The SMILES string of the molecule is CCOC(=O)CCCNC(=NC)NCC(C)Oc1ccccc1OC.I. The van der Waals surface area contributed by atoms with Crippen LogP contribution >= 0.6 is 24.0 Å². The van der Waals surface area contributed by atoms with E-state index in [-0.39, 0.29) is 36.0 Å². The van der Waals surface area contributed by atoms with Gasteiger partial charge in [0.25, 0.3) is 0 Å². The molecule has 0 amide bonds. The van der Waals surface area contributed by atoms with E-state index in [1.165, 1.54) is 0 Å². The zero-order valence-electron chi connectivity index (χ0n) is 15.9. The summed E-state index contributed by atoms with van der Waals surface area (Å²) in [6, 6.07) is 7.54. The molecule has 0 saturated heterocycles. The molecule has 1 aromatic rings. The number of halogens is 1. The Hall–Kier alpha value is -1.71. The molecule has 0 aliphatic rings. The molecule has 0 saturated carbocycles. The van der Waals surface area contributed by atoms with Crippen molar-refractivity contribution in [1.29, 1.82) is 0 Å². The number of ether oxygens (including phenoxy) is 3. The van der Waals surface area contributed by atoms with Crippen molar-refractivity contribution in [1.82, 2.24) is 10.6 Å². The van der Waals surface area contributed by atoms with Gasteiger partial charge in [0, 0.05) is 20.0 Å². The van der Waals surface area contributed by atoms with Gasteiger partial charge in [0.15, 0.2) is 17.5 Å². The van der Waals surface area contributed by atoms with Crippen LogP contribution in [0.1, 0.15) is 26.7 Å². The molecule has 26 heavy (non-hydrogen) atoms. The van der Waals surface area contributed by atoms with Gasteiger partial charge >= 0.3 is 5.97 Å². The summed E-state index contributed by atoms with van der Waals surface area (Å²) in [4.78, 5) is 15.4. The third-order valence-electron chi connectivity index (χ3n) is 3.33. The topological polar surface area (TPSA) is 81.2 Å². The lowest BCUT2D eigenvalue weighted by atomic mass is 10.3. The second kappa shape index (κ2) is 14.5. The van der Waals surface area contributed by atoms with Gasteiger partial charge in [-0.2, -0.15) is 0 Å². The number of methoxy groups -OCH3 is 1. The number of nitrogens with zero attached hydrogens (tertiary/aromatic N) is 1.